The molecule has 30 heavy (non-hydrogen) atoms. The first-order valence-electron chi connectivity index (χ1n) is 8.91. The number of carbonyl (C=O) groups excluding carboxylic acids is 2. The number of anilines is 1. The molecule has 2 N–H and O–H groups in total. The summed E-state index contributed by atoms with van der Waals surface area (Å²) in [6.45, 7) is 1.70. The predicted octanol–water partition coefficient (Wildman–Crippen LogP) is 4.70. The number of amides is 3. The topological polar surface area (TPSA) is 99.9 Å². The number of benzene rings is 2. The van der Waals surface area contributed by atoms with Gasteiger partial charge in [-0.05, 0) is 48.9 Å². The van der Waals surface area contributed by atoms with Crippen LogP contribution in [0.3, 0.4) is 0 Å². The van der Waals surface area contributed by atoms with Crippen LogP contribution in [0.4, 0.5) is 10.5 Å². The molecule has 0 bridgehead atoms. The Balaban J connectivity index is 1.64. The zero-order valence-electron chi connectivity index (χ0n) is 15.7. The number of carboxylic acid groups (broad SMARTS) is 1. The first kappa shape index (κ1) is 19.5. The minimum Gasteiger partial charge on any atom is -0.478 e. The summed E-state index contributed by atoms with van der Waals surface area (Å²) in [4.78, 5) is 37.3. The predicted molar refractivity (Wildman–Crippen MR) is 111 cm³/mol. The summed E-state index contributed by atoms with van der Waals surface area (Å²) in [6.07, 6.45) is 1.42. The molecule has 2 aromatic carbocycles. The van der Waals surface area contributed by atoms with Gasteiger partial charge in [-0.2, -0.15) is 0 Å². The molecule has 1 fully saturated rings. The molecule has 1 aliphatic heterocycles. The van der Waals surface area contributed by atoms with Crippen molar-refractivity contribution in [1.29, 1.82) is 0 Å². The maximum Gasteiger partial charge on any atom is 0.335 e. The van der Waals surface area contributed by atoms with Gasteiger partial charge < -0.3 is 14.8 Å². The quantitative estimate of drug-likeness (QED) is 0.468. The molecule has 0 aliphatic carbocycles. The first-order valence-corrected chi connectivity index (χ1v) is 9.29. The summed E-state index contributed by atoms with van der Waals surface area (Å²) < 4.78 is 5.78. The van der Waals surface area contributed by atoms with Crippen LogP contribution in [0.25, 0.3) is 17.4 Å². The zero-order valence-corrected chi connectivity index (χ0v) is 16.4. The van der Waals surface area contributed by atoms with Gasteiger partial charge in [0.05, 0.1) is 11.3 Å². The molecule has 0 saturated carbocycles. The average Bonchev–Trinajstić information content (AvgIpc) is 3.26. The lowest BCUT2D eigenvalue weighted by Gasteiger charge is -2.11. The van der Waals surface area contributed by atoms with Gasteiger partial charge in [0.2, 0.25) is 0 Å². The monoisotopic (exact) mass is 422 g/mol. The summed E-state index contributed by atoms with van der Waals surface area (Å²) in [6, 6.07) is 14.0. The Morgan fingerprint density at radius 3 is 2.63 bits per heavy atom. The van der Waals surface area contributed by atoms with Crippen molar-refractivity contribution in [3.05, 3.63) is 82.2 Å². The van der Waals surface area contributed by atoms with Crippen molar-refractivity contribution in [2.45, 2.75) is 6.92 Å². The summed E-state index contributed by atoms with van der Waals surface area (Å²) in [5, 5.41) is 12.2. The third kappa shape index (κ3) is 3.46. The fraction of sp³-hybridized carbons (Fsp3) is 0.0455. The van der Waals surface area contributed by atoms with Crippen molar-refractivity contribution < 1.29 is 23.9 Å². The molecule has 1 aromatic heterocycles. The van der Waals surface area contributed by atoms with E-state index in [2.05, 4.69) is 5.32 Å². The number of urea groups is 1. The van der Waals surface area contributed by atoms with Crippen LogP contribution < -0.4 is 10.2 Å². The van der Waals surface area contributed by atoms with E-state index in [4.69, 9.17) is 16.0 Å². The minimum atomic E-state index is -1.02. The summed E-state index contributed by atoms with van der Waals surface area (Å²) in [5.41, 5.74) is 1.78. The normalized spacial score (nSPS) is 15.0. The van der Waals surface area contributed by atoms with Gasteiger partial charge in [-0.25, -0.2) is 14.5 Å². The van der Waals surface area contributed by atoms with Gasteiger partial charge in [0, 0.05) is 16.7 Å². The smallest absolute Gasteiger partial charge is 0.335 e. The molecule has 3 aromatic rings. The van der Waals surface area contributed by atoms with Gasteiger partial charge in [-0.3, -0.25) is 4.79 Å². The van der Waals surface area contributed by atoms with Gasteiger partial charge in [0.25, 0.3) is 5.91 Å². The van der Waals surface area contributed by atoms with Crippen molar-refractivity contribution in [2.75, 3.05) is 4.90 Å². The van der Waals surface area contributed by atoms with Crippen LogP contribution in [0.15, 0.2) is 64.7 Å². The lowest BCUT2D eigenvalue weighted by molar-refractivity contribution is -0.113. The number of hydrogen-bond acceptors (Lipinski definition) is 4. The number of hydrogen-bond donors (Lipinski definition) is 2. The molecule has 1 saturated heterocycles. The maximum absolute atomic E-state index is 12.7. The minimum absolute atomic E-state index is 0.0527. The van der Waals surface area contributed by atoms with E-state index in [1.165, 1.54) is 18.2 Å². The van der Waals surface area contributed by atoms with Gasteiger partial charge in [0.15, 0.2) is 0 Å². The Morgan fingerprint density at radius 1 is 1.13 bits per heavy atom. The van der Waals surface area contributed by atoms with Crippen molar-refractivity contribution in [3.8, 4) is 11.3 Å². The molecule has 7 nitrogen and oxygen atoms in total. The Kier molecular flexibility index (Phi) is 4.89. The second-order valence-corrected chi connectivity index (χ2v) is 7.03. The lowest BCUT2D eigenvalue weighted by Crippen LogP contribution is -2.30. The second-order valence-electron chi connectivity index (χ2n) is 6.59. The van der Waals surface area contributed by atoms with E-state index in [1.807, 2.05) is 0 Å². The molecule has 8 heteroatoms. The molecular formula is C22H15ClN2O5. The Bertz CT molecular complexity index is 1230. The van der Waals surface area contributed by atoms with E-state index in [-0.39, 0.29) is 11.3 Å². The standard InChI is InChI=1S/C22H15ClN2O5/c1-12-16(6-3-7-17(12)21(27)28)19-9-8-15(30-19)11-18-20(26)25(22(29)24-18)14-5-2-4-13(23)10-14/h2-11H,1H3,(H,24,29)(H,27,28)/b18-11+. The highest BCUT2D eigenvalue weighted by atomic mass is 35.5. The Hall–Kier alpha value is -3.84. The number of nitrogens with zero attached hydrogens (tertiary/aromatic N) is 1. The van der Waals surface area contributed by atoms with Gasteiger partial charge >= 0.3 is 12.0 Å². The highest BCUT2D eigenvalue weighted by molar-refractivity contribution is 6.32. The number of halogens is 1. The summed E-state index contributed by atoms with van der Waals surface area (Å²) in [5.74, 6) is -0.777. The van der Waals surface area contributed by atoms with Gasteiger partial charge in [-0.15, -0.1) is 0 Å². The van der Waals surface area contributed by atoms with Crippen molar-refractivity contribution in [3.63, 3.8) is 0 Å². The summed E-state index contributed by atoms with van der Waals surface area (Å²) in [7, 11) is 0. The van der Waals surface area contributed by atoms with Crippen LogP contribution in [0.2, 0.25) is 5.02 Å². The van der Waals surface area contributed by atoms with Gasteiger partial charge in [-0.1, -0.05) is 29.8 Å². The molecule has 0 spiro atoms. The number of carbonyl (C=O) groups is 3. The van der Waals surface area contributed by atoms with Crippen LogP contribution in [-0.4, -0.2) is 23.0 Å². The molecular weight excluding hydrogens is 408 g/mol. The third-order valence-electron chi connectivity index (χ3n) is 4.69. The number of imide groups is 1. The molecule has 2 heterocycles. The summed E-state index contributed by atoms with van der Waals surface area (Å²) >= 11 is 5.95. The van der Waals surface area contributed by atoms with E-state index >= 15 is 0 Å². The fourth-order valence-corrected chi connectivity index (χ4v) is 3.42. The van der Waals surface area contributed by atoms with Crippen molar-refractivity contribution in [2.24, 2.45) is 0 Å². The van der Waals surface area contributed by atoms with Crippen LogP contribution in [0.5, 0.6) is 0 Å². The molecule has 150 valence electrons. The van der Waals surface area contributed by atoms with E-state index < -0.39 is 17.9 Å². The van der Waals surface area contributed by atoms with E-state index in [0.717, 1.165) is 4.90 Å². The van der Waals surface area contributed by atoms with Crippen LogP contribution >= 0.6 is 11.6 Å². The first-order chi connectivity index (χ1) is 14.3. The molecule has 0 radical (unpaired) electrons. The van der Waals surface area contributed by atoms with Crippen molar-refractivity contribution in [1.82, 2.24) is 5.32 Å². The highest BCUT2D eigenvalue weighted by Crippen LogP contribution is 2.29. The average molecular weight is 423 g/mol. The molecule has 0 unspecified atom stereocenters. The van der Waals surface area contributed by atoms with Crippen LogP contribution in [0, 0.1) is 6.92 Å². The van der Waals surface area contributed by atoms with E-state index in [1.54, 1.807) is 49.4 Å². The number of carboxylic acids is 1. The maximum atomic E-state index is 12.7. The molecule has 0 atom stereocenters. The molecule has 3 amide bonds. The van der Waals surface area contributed by atoms with Crippen LogP contribution in [0.1, 0.15) is 21.7 Å². The largest absolute Gasteiger partial charge is 0.478 e. The third-order valence-corrected chi connectivity index (χ3v) is 4.92. The number of rotatable bonds is 4. The molecule has 4 rings (SSSR count). The van der Waals surface area contributed by atoms with E-state index in [0.29, 0.717) is 33.4 Å². The highest BCUT2D eigenvalue weighted by Gasteiger charge is 2.35. The number of nitrogens with one attached hydrogen (secondary N) is 1. The fourth-order valence-electron chi connectivity index (χ4n) is 3.24. The Labute approximate surface area is 176 Å². The molecule has 1 aliphatic rings. The van der Waals surface area contributed by atoms with E-state index in [9.17, 15) is 19.5 Å². The number of aromatic carboxylic acids is 1. The second kappa shape index (κ2) is 7.53. The zero-order chi connectivity index (χ0) is 21.4. The van der Waals surface area contributed by atoms with Crippen LogP contribution in [-0.2, 0) is 4.79 Å². The SMILES string of the molecule is Cc1c(C(=O)O)cccc1-c1ccc(/C=C2/NC(=O)N(c3cccc(Cl)c3)C2=O)o1. The van der Waals surface area contributed by atoms with Gasteiger partial charge in [0.1, 0.15) is 17.2 Å². The lowest BCUT2D eigenvalue weighted by atomic mass is 10.0. The van der Waals surface area contributed by atoms with Crippen molar-refractivity contribution >= 4 is 41.3 Å². The Morgan fingerprint density at radius 2 is 1.90 bits per heavy atom. The number of furan rings is 1.